The number of benzene rings is 1. The van der Waals surface area contributed by atoms with Crippen LogP contribution in [0, 0.1) is 17.2 Å². The summed E-state index contributed by atoms with van der Waals surface area (Å²) >= 11 is 0. The summed E-state index contributed by atoms with van der Waals surface area (Å²) in [4.78, 5) is 25.8. The topological polar surface area (TPSA) is 80.4 Å². The van der Waals surface area contributed by atoms with Crippen molar-refractivity contribution >= 4 is 5.91 Å². The Morgan fingerprint density at radius 2 is 1.90 bits per heavy atom. The van der Waals surface area contributed by atoms with Crippen molar-refractivity contribution in [1.29, 1.82) is 0 Å². The van der Waals surface area contributed by atoms with Crippen LogP contribution in [-0.4, -0.2) is 36.8 Å². The molecule has 1 unspecified atom stereocenters. The van der Waals surface area contributed by atoms with Gasteiger partial charge in [-0.25, -0.2) is 4.39 Å². The fourth-order valence-corrected chi connectivity index (χ4v) is 4.30. The molecule has 2 fully saturated rings. The third-order valence-corrected chi connectivity index (χ3v) is 6.30. The van der Waals surface area contributed by atoms with E-state index in [4.69, 9.17) is 9.47 Å². The summed E-state index contributed by atoms with van der Waals surface area (Å²) in [5.74, 6) is 0.700. The van der Waals surface area contributed by atoms with Gasteiger partial charge in [-0.05, 0) is 73.8 Å². The molecule has 2 aliphatic rings. The molecule has 0 bridgehead atoms. The molecule has 1 amide bonds. The SMILES string of the molecule is O=C(NCC1CCC2(CC1)CC2OCCOc1ccc(F)cc1)c1ccc(=O)[nH]c1. The second-order valence-corrected chi connectivity index (χ2v) is 8.32. The molecule has 0 aliphatic heterocycles. The number of carbonyl (C=O) groups excluding carboxylic acids is 1. The standard InChI is InChI=1S/C23H27FN2O4/c24-18-2-4-19(5-3-18)29-11-12-30-20-13-23(20)9-7-16(8-10-23)14-26-22(28)17-1-6-21(27)25-15-17/h1-6,15-16,20H,7-14H2,(H,25,27)(H,26,28). The van der Waals surface area contributed by atoms with Gasteiger partial charge in [0.2, 0.25) is 5.56 Å². The lowest BCUT2D eigenvalue weighted by molar-refractivity contribution is 0.0523. The number of H-pyrrole nitrogens is 1. The Hall–Kier alpha value is -2.67. The molecule has 7 heteroatoms. The van der Waals surface area contributed by atoms with Gasteiger partial charge < -0.3 is 19.8 Å². The van der Waals surface area contributed by atoms with Gasteiger partial charge in [0.25, 0.3) is 5.91 Å². The number of ether oxygens (including phenoxy) is 2. The highest BCUT2D eigenvalue weighted by Crippen LogP contribution is 2.58. The number of aromatic nitrogens is 1. The molecule has 6 nitrogen and oxygen atoms in total. The lowest BCUT2D eigenvalue weighted by Crippen LogP contribution is -2.32. The summed E-state index contributed by atoms with van der Waals surface area (Å²) in [6.45, 7) is 1.64. The van der Waals surface area contributed by atoms with Gasteiger partial charge in [-0.1, -0.05) is 0 Å². The van der Waals surface area contributed by atoms with Gasteiger partial charge in [-0.2, -0.15) is 0 Å². The largest absolute Gasteiger partial charge is 0.491 e. The van der Waals surface area contributed by atoms with Crippen LogP contribution in [0.2, 0.25) is 0 Å². The van der Waals surface area contributed by atoms with Crippen LogP contribution in [0.15, 0.2) is 47.4 Å². The van der Waals surface area contributed by atoms with Crippen LogP contribution in [0.25, 0.3) is 0 Å². The zero-order valence-electron chi connectivity index (χ0n) is 16.9. The maximum atomic E-state index is 12.9. The fourth-order valence-electron chi connectivity index (χ4n) is 4.30. The average Bonchev–Trinajstić information content (AvgIpc) is 3.44. The molecule has 4 rings (SSSR count). The zero-order valence-corrected chi connectivity index (χ0v) is 16.9. The van der Waals surface area contributed by atoms with Crippen molar-refractivity contribution in [2.45, 2.75) is 38.2 Å². The van der Waals surface area contributed by atoms with Gasteiger partial charge in [0.05, 0.1) is 18.3 Å². The number of carbonyl (C=O) groups is 1. The molecule has 1 aromatic carbocycles. The van der Waals surface area contributed by atoms with Crippen LogP contribution >= 0.6 is 0 Å². The number of pyridine rings is 1. The maximum absolute atomic E-state index is 12.9. The summed E-state index contributed by atoms with van der Waals surface area (Å²) in [6, 6.07) is 8.89. The van der Waals surface area contributed by atoms with Gasteiger partial charge in [-0.3, -0.25) is 9.59 Å². The first kappa shape index (κ1) is 20.6. The second kappa shape index (κ2) is 9.00. The number of hydrogen-bond donors (Lipinski definition) is 2. The van der Waals surface area contributed by atoms with Gasteiger partial charge in [-0.15, -0.1) is 0 Å². The molecule has 2 aliphatic carbocycles. The van der Waals surface area contributed by atoms with Crippen molar-refractivity contribution in [3.05, 3.63) is 64.3 Å². The Morgan fingerprint density at radius 1 is 1.13 bits per heavy atom. The molecule has 2 saturated carbocycles. The number of rotatable bonds is 8. The third-order valence-electron chi connectivity index (χ3n) is 6.30. The van der Waals surface area contributed by atoms with Gasteiger partial charge in [0, 0.05) is 18.8 Å². The first-order chi connectivity index (χ1) is 14.5. The molecule has 1 aromatic heterocycles. The van der Waals surface area contributed by atoms with Crippen LogP contribution in [0.1, 0.15) is 42.5 Å². The molecular weight excluding hydrogens is 387 g/mol. The lowest BCUT2D eigenvalue weighted by Gasteiger charge is -2.29. The zero-order chi connectivity index (χ0) is 21.0. The van der Waals surface area contributed by atoms with Crippen LogP contribution in [-0.2, 0) is 4.74 Å². The quantitative estimate of drug-likeness (QED) is 0.650. The smallest absolute Gasteiger partial charge is 0.252 e. The van der Waals surface area contributed by atoms with E-state index >= 15 is 0 Å². The Balaban J connectivity index is 1.12. The minimum atomic E-state index is -0.273. The van der Waals surface area contributed by atoms with E-state index in [9.17, 15) is 14.0 Å². The van der Waals surface area contributed by atoms with E-state index in [0.717, 1.165) is 32.1 Å². The molecular formula is C23H27FN2O4. The van der Waals surface area contributed by atoms with E-state index in [1.165, 1.54) is 30.5 Å². The van der Waals surface area contributed by atoms with Crippen molar-refractivity contribution in [1.82, 2.24) is 10.3 Å². The Labute approximate surface area is 174 Å². The van der Waals surface area contributed by atoms with Gasteiger partial charge >= 0.3 is 0 Å². The van der Waals surface area contributed by atoms with Crippen molar-refractivity contribution in [2.24, 2.45) is 11.3 Å². The first-order valence-corrected chi connectivity index (χ1v) is 10.5. The molecule has 1 heterocycles. The summed E-state index contributed by atoms with van der Waals surface area (Å²) in [5.41, 5.74) is 0.558. The van der Waals surface area contributed by atoms with E-state index in [1.807, 2.05) is 0 Å². The fraction of sp³-hybridized carbons (Fsp3) is 0.478. The number of nitrogens with one attached hydrogen (secondary N) is 2. The number of amides is 1. The normalized spacial score (nSPS) is 25.1. The Bertz CT molecular complexity index is 899. The predicted octanol–water partition coefficient (Wildman–Crippen LogP) is 3.29. The molecule has 2 aromatic rings. The lowest BCUT2D eigenvalue weighted by atomic mass is 9.79. The molecule has 0 radical (unpaired) electrons. The summed E-state index contributed by atoms with van der Waals surface area (Å²) in [7, 11) is 0. The van der Waals surface area contributed by atoms with Crippen LogP contribution < -0.4 is 15.6 Å². The van der Waals surface area contributed by atoms with Crippen molar-refractivity contribution in [3.63, 3.8) is 0 Å². The van der Waals surface area contributed by atoms with Crippen LogP contribution in [0.3, 0.4) is 0 Å². The second-order valence-electron chi connectivity index (χ2n) is 8.32. The third kappa shape index (κ3) is 5.08. The van der Waals surface area contributed by atoms with E-state index in [2.05, 4.69) is 10.3 Å². The summed E-state index contributed by atoms with van der Waals surface area (Å²) < 4.78 is 24.5. The van der Waals surface area contributed by atoms with E-state index in [1.54, 1.807) is 12.1 Å². The van der Waals surface area contributed by atoms with Crippen molar-refractivity contribution in [2.75, 3.05) is 19.8 Å². The van der Waals surface area contributed by atoms with E-state index < -0.39 is 0 Å². The molecule has 0 saturated heterocycles. The predicted molar refractivity (Wildman–Crippen MR) is 110 cm³/mol. The molecule has 2 N–H and O–H groups in total. The van der Waals surface area contributed by atoms with Crippen molar-refractivity contribution in [3.8, 4) is 5.75 Å². The van der Waals surface area contributed by atoms with Crippen molar-refractivity contribution < 1.29 is 18.7 Å². The molecule has 1 atom stereocenters. The number of hydrogen-bond acceptors (Lipinski definition) is 4. The van der Waals surface area contributed by atoms with Crippen LogP contribution in [0.5, 0.6) is 5.75 Å². The Morgan fingerprint density at radius 3 is 2.60 bits per heavy atom. The highest BCUT2D eigenvalue weighted by atomic mass is 19.1. The number of halogens is 1. The summed E-state index contributed by atoms with van der Waals surface area (Å²) in [6.07, 6.45) is 7.24. The van der Waals surface area contributed by atoms with Gasteiger partial charge in [0.1, 0.15) is 18.2 Å². The maximum Gasteiger partial charge on any atom is 0.252 e. The van der Waals surface area contributed by atoms with E-state index in [0.29, 0.717) is 48.5 Å². The average molecular weight is 414 g/mol. The highest BCUT2D eigenvalue weighted by Gasteiger charge is 2.55. The molecule has 160 valence electrons. The van der Waals surface area contributed by atoms with Crippen LogP contribution in [0.4, 0.5) is 4.39 Å². The number of aromatic amines is 1. The minimum absolute atomic E-state index is 0.152. The highest BCUT2D eigenvalue weighted by molar-refractivity contribution is 5.93. The molecule has 30 heavy (non-hydrogen) atoms. The Kier molecular flexibility index (Phi) is 6.18. The first-order valence-electron chi connectivity index (χ1n) is 10.5. The monoisotopic (exact) mass is 414 g/mol. The minimum Gasteiger partial charge on any atom is -0.491 e. The van der Waals surface area contributed by atoms with E-state index in [-0.39, 0.29) is 17.3 Å². The summed E-state index contributed by atoms with van der Waals surface area (Å²) in [5, 5.41) is 2.98. The molecule has 1 spiro atoms. The van der Waals surface area contributed by atoms with Gasteiger partial charge in [0.15, 0.2) is 0 Å².